The van der Waals surface area contributed by atoms with Crippen LogP contribution < -0.4 is 0 Å². The second kappa shape index (κ2) is 11.3. The van der Waals surface area contributed by atoms with Crippen molar-refractivity contribution in [1.29, 1.82) is 0 Å². The van der Waals surface area contributed by atoms with Crippen molar-refractivity contribution < 1.29 is 25.9 Å². The van der Waals surface area contributed by atoms with Gasteiger partial charge in [0, 0.05) is 24.3 Å². The highest BCUT2D eigenvalue weighted by atomic mass is 32.2. The van der Waals surface area contributed by atoms with E-state index >= 15 is 0 Å². The Labute approximate surface area is 177 Å². The molecular weight excluding hydrogens is 464 g/mol. The molecule has 0 saturated heterocycles. The second-order valence-electron chi connectivity index (χ2n) is 5.96. The smallest absolute Gasteiger partial charge is 0.264 e. The normalized spacial score (nSPS) is 12.5. The fourth-order valence-electron chi connectivity index (χ4n) is 2.14. The van der Waals surface area contributed by atoms with Crippen LogP contribution in [0.25, 0.3) is 0 Å². The number of aromatic amines is 2. The zero-order valence-electron chi connectivity index (χ0n) is 15.3. The number of hydrogen-bond acceptors (Lipinski definition) is 10. The molecule has 0 bridgehead atoms. The first-order valence-electron chi connectivity index (χ1n) is 8.59. The fraction of sp³-hybridized carbons (Fsp3) is 0.692. The molecule has 0 amide bonds. The Hall–Kier alpha value is -1.20. The summed E-state index contributed by atoms with van der Waals surface area (Å²) in [5.74, 6) is 1.83. The van der Waals surface area contributed by atoms with Crippen molar-refractivity contribution in [3.05, 3.63) is 11.6 Å². The summed E-state index contributed by atoms with van der Waals surface area (Å²) in [6, 6.07) is 0. The van der Waals surface area contributed by atoms with Gasteiger partial charge >= 0.3 is 0 Å². The molecule has 0 aliphatic heterocycles. The van der Waals surface area contributed by atoms with E-state index in [-0.39, 0.29) is 11.5 Å². The van der Waals surface area contributed by atoms with E-state index in [4.69, 9.17) is 9.11 Å². The van der Waals surface area contributed by atoms with Gasteiger partial charge in [-0.25, -0.2) is 9.97 Å². The first-order chi connectivity index (χ1) is 13.6. The van der Waals surface area contributed by atoms with E-state index in [1.54, 1.807) is 0 Å². The summed E-state index contributed by atoms with van der Waals surface area (Å²) in [7, 11) is -7.87. The molecule has 2 aromatic rings. The Bertz CT molecular complexity index is 895. The number of aromatic nitrogens is 6. The molecule has 0 saturated carbocycles. The Morgan fingerprint density at radius 1 is 0.724 bits per heavy atom. The summed E-state index contributed by atoms with van der Waals surface area (Å²) in [5, 5.41) is 14.8. The van der Waals surface area contributed by atoms with Gasteiger partial charge in [0.05, 0.1) is 11.5 Å². The van der Waals surface area contributed by atoms with Crippen LogP contribution in [0.4, 0.5) is 0 Å². The number of hydrogen-bond donors (Lipinski definition) is 4. The zero-order valence-corrected chi connectivity index (χ0v) is 18.6. The minimum absolute atomic E-state index is 0.282. The molecule has 12 nitrogen and oxygen atoms in total. The quantitative estimate of drug-likeness (QED) is 0.167. The van der Waals surface area contributed by atoms with E-state index in [0.717, 1.165) is 6.42 Å². The van der Waals surface area contributed by atoms with Crippen LogP contribution in [-0.2, 0) is 33.1 Å². The van der Waals surface area contributed by atoms with Crippen LogP contribution in [0, 0.1) is 0 Å². The summed E-state index contributed by atoms with van der Waals surface area (Å²) in [6.45, 7) is 0. The standard InChI is InChI=1S/C13H22N6O6S4/c20-28(21,22)8-2-6-26-12-14-10(16-18-12)4-1-5-11-15-13(19-17-11)27-7-3-9-29(23,24)25/h1-9H2,(H,14,16,18)(H,15,17,19)(H,20,21,22)(H,23,24,25). The minimum Gasteiger partial charge on any atom is -0.286 e. The first kappa shape index (κ1) is 24.1. The lowest BCUT2D eigenvalue weighted by Gasteiger charge is -1.96. The molecule has 4 N–H and O–H groups in total. The molecule has 0 radical (unpaired) electrons. The number of thioether (sulfide) groups is 2. The molecule has 0 unspecified atom stereocenters. The maximum Gasteiger partial charge on any atom is 0.264 e. The Morgan fingerprint density at radius 2 is 1.14 bits per heavy atom. The van der Waals surface area contributed by atoms with Gasteiger partial charge in [-0.3, -0.25) is 19.3 Å². The SMILES string of the molecule is O=S(=O)(O)CCCSc1n[nH]c(CCCc2nc(SCCCS(=O)(=O)O)n[nH]2)n1. The lowest BCUT2D eigenvalue weighted by molar-refractivity contribution is 0.480. The number of nitrogens with one attached hydrogen (secondary N) is 2. The molecule has 0 aliphatic rings. The molecule has 16 heteroatoms. The van der Waals surface area contributed by atoms with Gasteiger partial charge in [0.15, 0.2) is 0 Å². The Kier molecular flexibility index (Phi) is 9.35. The van der Waals surface area contributed by atoms with Crippen molar-refractivity contribution in [2.75, 3.05) is 23.0 Å². The Morgan fingerprint density at radius 3 is 1.52 bits per heavy atom. The average molecular weight is 487 g/mol. The molecule has 0 fully saturated rings. The van der Waals surface area contributed by atoms with Crippen molar-refractivity contribution in [2.45, 2.75) is 42.4 Å². The van der Waals surface area contributed by atoms with Gasteiger partial charge in [-0.1, -0.05) is 23.5 Å². The van der Waals surface area contributed by atoms with Gasteiger partial charge in [0.1, 0.15) is 11.6 Å². The van der Waals surface area contributed by atoms with Gasteiger partial charge in [0.2, 0.25) is 10.3 Å². The summed E-state index contributed by atoms with van der Waals surface area (Å²) < 4.78 is 59.9. The fourth-order valence-corrected chi connectivity index (χ4v) is 5.04. The third kappa shape index (κ3) is 10.9. The van der Waals surface area contributed by atoms with Gasteiger partial charge < -0.3 is 0 Å². The van der Waals surface area contributed by atoms with Gasteiger partial charge in [-0.05, 0) is 19.3 Å². The van der Waals surface area contributed by atoms with Crippen LogP contribution in [0.1, 0.15) is 30.9 Å². The van der Waals surface area contributed by atoms with Gasteiger partial charge in [-0.2, -0.15) is 16.8 Å². The van der Waals surface area contributed by atoms with Crippen LogP contribution >= 0.6 is 23.5 Å². The molecule has 2 rings (SSSR count). The molecule has 29 heavy (non-hydrogen) atoms. The topological polar surface area (TPSA) is 192 Å². The van der Waals surface area contributed by atoms with E-state index < -0.39 is 20.2 Å². The van der Waals surface area contributed by atoms with Crippen molar-refractivity contribution in [3.63, 3.8) is 0 Å². The maximum absolute atomic E-state index is 10.6. The third-order valence-electron chi connectivity index (χ3n) is 3.41. The number of aryl methyl sites for hydroxylation is 2. The highest BCUT2D eigenvalue weighted by Crippen LogP contribution is 2.16. The molecule has 2 aromatic heterocycles. The second-order valence-corrected chi connectivity index (χ2v) is 11.2. The van der Waals surface area contributed by atoms with E-state index in [9.17, 15) is 16.8 Å². The van der Waals surface area contributed by atoms with E-state index in [1.807, 2.05) is 0 Å². The number of nitrogens with zero attached hydrogens (tertiary/aromatic N) is 4. The van der Waals surface area contributed by atoms with Crippen LogP contribution in [0.2, 0.25) is 0 Å². The van der Waals surface area contributed by atoms with Crippen molar-refractivity contribution in [1.82, 2.24) is 30.4 Å². The summed E-state index contributed by atoms with van der Waals surface area (Å²) in [4.78, 5) is 8.63. The predicted molar refractivity (Wildman–Crippen MR) is 108 cm³/mol. The Balaban J connectivity index is 1.64. The molecule has 0 aromatic carbocycles. The molecule has 0 spiro atoms. The highest BCUT2D eigenvalue weighted by Gasteiger charge is 2.09. The number of H-pyrrole nitrogens is 2. The van der Waals surface area contributed by atoms with E-state index in [1.165, 1.54) is 23.5 Å². The molecule has 0 aliphatic carbocycles. The molecule has 164 valence electrons. The van der Waals surface area contributed by atoms with Crippen molar-refractivity contribution in [2.24, 2.45) is 0 Å². The average Bonchev–Trinajstić information content (AvgIpc) is 3.24. The summed E-state index contributed by atoms with van der Waals surface area (Å²) in [6.07, 6.45) is 2.68. The van der Waals surface area contributed by atoms with E-state index in [0.29, 0.717) is 59.2 Å². The van der Waals surface area contributed by atoms with Gasteiger partial charge in [-0.15, -0.1) is 10.2 Å². The minimum atomic E-state index is -3.93. The van der Waals surface area contributed by atoms with E-state index in [2.05, 4.69) is 30.4 Å². The molecule has 2 heterocycles. The zero-order chi connectivity index (χ0) is 21.3. The summed E-state index contributed by atoms with van der Waals surface area (Å²) >= 11 is 2.62. The monoisotopic (exact) mass is 486 g/mol. The lowest BCUT2D eigenvalue weighted by Crippen LogP contribution is -2.04. The summed E-state index contributed by atoms with van der Waals surface area (Å²) in [5.41, 5.74) is 0. The predicted octanol–water partition coefficient (Wildman–Crippen LogP) is 0.838. The van der Waals surface area contributed by atoms with Crippen LogP contribution in [0.5, 0.6) is 0 Å². The third-order valence-corrected chi connectivity index (χ3v) is 6.88. The molecular formula is C13H22N6O6S4. The lowest BCUT2D eigenvalue weighted by atomic mass is 10.2. The van der Waals surface area contributed by atoms with Crippen molar-refractivity contribution >= 4 is 43.8 Å². The van der Waals surface area contributed by atoms with Crippen molar-refractivity contribution in [3.8, 4) is 0 Å². The van der Waals surface area contributed by atoms with Crippen LogP contribution in [0.15, 0.2) is 10.3 Å². The molecule has 0 atom stereocenters. The number of rotatable bonds is 14. The highest BCUT2D eigenvalue weighted by molar-refractivity contribution is 7.99. The van der Waals surface area contributed by atoms with Crippen LogP contribution in [0.3, 0.4) is 0 Å². The first-order valence-corrected chi connectivity index (χ1v) is 13.8. The maximum atomic E-state index is 10.6. The van der Waals surface area contributed by atoms with Gasteiger partial charge in [0.25, 0.3) is 20.2 Å². The van der Waals surface area contributed by atoms with Crippen LogP contribution in [-0.4, -0.2) is 79.3 Å². The largest absolute Gasteiger partial charge is 0.286 e.